The van der Waals surface area contributed by atoms with Gasteiger partial charge in [-0.25, -0.2) is 8.42 Å². The van der Waals surface area contributed by atoms with Gasteiger partial charge in [0.25, 0.3) is 11.6 Å². The average molecular weight is 466 g/mol. The van der Waals surface area contributed by atoms with Crippen molar-refractivity contribution < 1.29 is 27.8 Å². The highest BCUT2D eigenvalue weighted by molar-refractivity contribution is 7.89. The molecule has 0 heterocycles. The molecule has 0 saturated carbocycles. The van der Waals surface area contributed by atoms with Crippen molar-refractivity contribution in [1.82, 2.24) is 4.31 Å². The molecule has 1 atom stereocenters. The Balaban J connectivity index is 2.26. The number of rotatable bonds is 10. The number of sulfonamides is 1. The molecule has 0 aliphatic carbocycles. The number of nitro benzene ring substituents is 2. The lowest BCUT2D eigenvalue weighted by molar-refractivity contribution is -0.386. The van der Waals surface area contributed by atoms with Crippen LogP contribution in [0, 0.1) is 20.2 Å². The lowest BCUT2D eigenvalue weighted by Gasteiger charge is -2.19. The number of hydrogen-bond donors (Lipinski definition) is 1. The van der Waals surface area contributed by atoms with E-state index in [1.807, 2.05) is 0 Å². The lowest BCUT2D eigenvalue weighted by atomic mass is 10.2. The fourth-order valence-corrected chi connectivity index (χ4v) is 4.28. The summed E-state index contributed by atoms with van der Waals surface area (Å²) in [6, 6.07) is 8.40. The van der Waals surface area contributed by atoms with Crippen LogP contribution in [0.15, 0.2) is 47.4 Å². The van der Waals surface area contributed by atoms with Crippen molar-refractivity contribution in [1.29, 1.82) is 0 Å². The Labute approximate surface area is 184 Å². The number of nitro groups is 2. The summed E-state index contributed by atoms with van der Waals surface area (Å²) in [7, 11) is -3.93. The van der Waals surface area contributed by atoms with Gasteiger partial charge in [0.2, 0.25) is 10.0 Å². The summed E-state index contributed by atoms with van der Waals surface area (Å²) in [5.74, 6) is -1.00. The van der Waals surface area contributed by atoms with E-state index in [1.165, 1.54) is 31.2 Å². The maximum Gasteiger partial charge on any atom is 0.312 e. The number of nitrogens with one attached hydrogen (secondary N) is 1. The molecule has 2 rings (SSSR count). The molecular weight excluding hydrogens is 444 g/mol. The standard InChI is InChI=1S/C19H22N4O8S/c1-4-21(5-2)32(29,30)16-9-10-18(17(12-16)23(27)28)31-13(3)19(24)20-14-7-6-8-15(11-14)22(25)26/h6-13H,4-5H2,1-3H3,(H,20,24). The van der Waals surface area contributed by atoms with E-state index in [0.29, 0.717) is 0 Å². The number of anilines is 1. The maximum atomic E-state index is 12.6. The van der Waals surface area contributed by atoms with Crippen LogP contribution < -0.4 is 10.1 Å². The lowest BCUT2D eigenvalue weighted by Crippen LogP contribution is -2.31. The van der Waals surface area contributed by atoms with Crippen LogP contribution >= 0.6 is 0 Å². The number of carbonyl (C=O) groups is 1. The molecule has 0 aromatic heterocycles. The van der Waals surface area contributed by atoms with Gasteiger partial charge in [-0.1, -0.05) is 19.9 Å². The van der Waals surface area contributed by atoms with Crippen molar-refractivity contribution in [3.05, 3.63) is 62.7 Å². The quantitative estimate of drug-likeness (QED) is 0.413. The van der Waals surface area contributed by atoms with E-state index < -0.39 is 37.6 Å². The highest BCUT2D eigenvalue weighted by Crippen LogP contribution is 2.32. The summed E-state index contributed by atoms with van der Waals surface area (Å²) in [5.41, 5.74) is -0.694. The minimum atomic E-state index is -3.93. The molecule has 2 aromatic carbocycles. The molecule has 1 N–H and O–H groups in total. The summed E-state index contributed by atoms with van der Waals surface area (Å²) in [5, 5.41) is 24.8. The van der Waals surface area contributed by atoms with Gasteiger partial charge in [-0.3, -0.25) is 25.0 Å². The largest absolute Gasteiger partial charge is 0.474 e. The molecular formula is C19H22N4O8S. The van der Waals surface area contributed by atoms with Gasteiger partial charge < -0.3 is 10.1 Å². The van der Waals surface area contributed by atoms with Crippen LogP contribution in [0.1, 0.15) is 20.8 Å². The van der Waals surface area contributed by atoms with Crippen molar-refractivity contribution in [2.24, 2.45) is 0 Å². The van der Waals surface area contributed by atoms with Crippen molar-refractivity contribution in [2.75, 3.05) is 18.4 Å². The van der Waals surface area contributed by atoms with Gasteiger partial charge in [-0.2, -0.15) is 4.31 Å². The zero-order chi connectivity index (χ0) is 24.1. The molecule has 13 heteroatoms. The third-order valence-electron chi connectivity index (χ3n) is 4.47. The summed E-state index contributed by atoms with van der Waals surface area (Å²) < 4.78 is 31.8. The first-order valence-corrected chi connectivity index (χ1v) is 11.0. The third-order valence-corrected chi connectivity index (χ3v) is 6.51. The smallest absolute Gasteiger partial charge is 0.312 e. The first-order valence-electron chi connectivity index (χ1n) is 9.51. The van der Waals surface area contributed by atoms with Crippen LogP contribution in [0.3, 0.4) is 0 Å². The molecule has 0 radical (unpaired) electrons. The Morgan fingerprint density at radius 3 is 2.31 bits per heavy atom. The maximum absolute atomic E-state index is 12.6. The SMILES string of the molecule is CCN(CC)S(=O)(=O)c1ccc(OC(C)C(=O)Nc2cccc([N+](=O)[O-])c2)c([N+](=O)[O-])c1. The van der Waals surface area contributed by atoms with E-state index in [9.17, 15) is 33.4 Å². The van der Waals surface area contributed by atoms with Gasteiger partial charge in [0.1, 0.15) is 0 Å². The topological polar surface area (TPSA) is 162 Å². The Morgan fingerprint density at radius 2 is 1.75 bits per heavy atom. The minimum absolute atomic E-state index is 0.148. The second kappa shape index (κ2) is 10.2. The molecule has 0 saturated heterocycles. The Kier molecular flexibility index (Phi) is 7.83. The first kappa shape index (κ1) is 24.7. The van der Waals surface area contributed by atoms with E-state index in [4.69, 9.17) is 4.74 Å². The van der Waals surface area contributed by atoms with E-state index in [0.717, 1.165) is 22.5 Å². The molecule has 12 nitrogen and oxygen atoms in total. The number of hydrogen-bond acceptors (Lipinski definition) is 8. The highest BCUT2D eigenvalue weighted by atomic mass is 32.2. The average Bonchev–Trinajstić information content (AvgIpc) is 2.74. The van der Waals surface area contributed by atoms with E-state index in [1.54, 1.807) is 13.8 Å². The van der Waals surface area contributed by atoms with Crippen LogP contribution in [-0.2, 0) is 14.8 Å². The number of ether oxygens (including phenoxy) is 1. The number of non-ortho nitro benzene ring substituents is 1. The zero-order valence-electron chi connectivity index (χ0n) is 17.5. The number of nitrogens with zero attached hydrogens (tertiary/aromatic N) is 3. The van der Waals surface area contributed by atoms with Crippen molar-refractivity contribution in [2.45, 2.75) is 31.8 Å². The summed E-state index contributed by atoms with van der Waals surface area (Å²) in [6.07, 6.45) is -1.22. The van der Waals surface area contributed by atoms with Gasteiger partial charge in [-0.15, -0.1) is 0 Å². The molecule has 0 aliphatic rings. The molecule has 172 valence electrons. The fourth-order valence-electron chi connectivity index (χ4n) is 2.80. The fraction of sp³-hybridized carbons (Fsp3) is 0.316. The van der Waals surface area contributed by atoms with Crippen LogP contribution in [0.5, 0.6) is 5.75 Å². The van der Waals surface area contributed by atoms with Crippen LogP contribution in [0.25, 0.3) is 0 Å². The Hall–Kier alpha value is -3.58. The van der Waals surface area contributed by atoms with Crippen LogP contribution in [0.2, 0.25) is 0 Å². The predicted octanol–water partition coefficient (Wildman–Crippen LogP) is 2.94. The molecule has 2 aromatic rings. The highest BCUT2D eigenvalue weighted by Gasteiger charge is 2.28. The van der Waals surface area contributed by atoms with Gasteiger partial charge in [0.05, 0.1) is 14.7 Å². The predicted molar refractivity (Wildman–Crippen MR) is 115 cm³/mol. The minimum Gasteiger partial charge on any atom is -0.474 e. The zero-order valence-corrected chi connectivity index (χ0v) is 18.4. The van der Waals surface area contributed by atoms with E-state index in [2.05, 4.69) is 5.32 Å². The number of benzene rings is 2. The summed E-state index contributed by atoms with van der Waals surface area (Å²) >= 11 is 0. The van der Waals surface area contributed by atoms with Crippen LogP contribution in [0.4, 0.5) is 17.1 Å². The van der Waals surface area contributed by atoms with Crippen LogP contribution in [-0.4, -0.2) is 47.7 Å². The van der Waals surface area contributed by atoms with Gasteiger partial charge in [0.15, 0.2) is 11.9 Å². The molecule has 0 bridgehead atoms. The first-order chi connectivity index (χ1) is 15.0. The molecule has 32 heavy (non-hydrogen) atoms. The monoisotopic (exact) mass is 466 g/mol. The molecule has 0 spiro atoms. The van der Waals surface area contributed by atoms with E-state index in [-0.39, 0.29) is 35.1 Å². The van der Waals surface area contributed by atoms with Crippen molar-refractivity contribution >= 4 is 33.0 Å². The van der Waals surface area contributed by atoms with Gasteiger partial charge >= 0.3 is 5.69 Å². The number of carbonyl (C=O) groups excluding carboxylic acids is 1. The normalized spacial score (nSPS) is 12.2. The van der Waals surface area contributed by atoms with Crippen molar-refractivity contribution in [3.63, 3.8) is 0 Å². The van der Waals surface area contributed by atoms with Gasteiger partial charge in [0, 0.05) is 37.0 Å². The Bertz CT molecular complexity index is 1130. The molecule has 1 unspecified atom stereocenters. The molecule has 0 aliphatic heterocycles. The van der Waals surface area contributed by atoms with Crippen molar-refractivity contribution in [3.8, 4) is 5.75 Å². The van der Waals surface area contributed by atoms with Gasteiger partial charge in [-0.05, 0) is 25.1 Å². The Morgan fingerprint density at radius 1 is 1.09 bits per heavy atom. The summed E-state index contributed by atoms with van der Waals surface area (Å²) in [4.78, 5) is 33.1. The number of amides is 1. The second-order valence-corrected chi connectivity index (χ2v) is 8.47. The second-order valence-electron chi connectivity index (χ2n) is 6.53. The molecule has 0 fully saturated rings. The van der Waals surface area contributed by atoms with E-state index >= 15 is 0 Å². The third kappa shape index (κ3) is 5.56. The molecule has 1 amide bonds. The summed E-state index contributed by atoms with van der Waals surface area (Å²) in [6.45, 7) is 5.01.